The van der Waals surface area contributed by atoms with E-state index in [1.54, 1.807) is 29.7 Å². The van der Waals surface area contributed by atoms with E-state index < -0.39 is 0 Å². The molecule has 3 aromatic heterocycles. The summed E-state index contributed by atoms with van der Waals surface area (Å²) in [7, 11) is 0. The van der Waals surface area contributed by atoms with Crippen LogP contribution in [-0.4, -0.2) is 41.3 Å². The van der Waals surface area contributed by atoms with Crippen molar-refractivity contribution in [2.75, 3.05) is 36.5 Å². The van der Waals surface area contributed by atoms with Gasteiger partial charge in [0.2, 0.25) is 5.95 Å². The Hall–Kier alpha value is -3.10. The van der Waals surface area contributed by atoms with Crippen molar-refractivity contribution < 1.29 is 9.13 Å². The fourth-order valence-electron chi connectivity index (χ4n) is 3.48. The second-order valence-corrected chi connectivity index (χ2v) is 7.84. The fraction of sp³-hybridized carbons (Fsp3) is 0.227. The quantitative estimate of drug-likeness (QED) is 0.517. The van der Waals surface area contributed by atoms with Gasteiger partial charge in [0.1, 0.15) is 16.5 Å². The average Bonchev–Trinajstić information content (AvgIpc) is 3.23. The first-order chi connectivity index (χ1) is 14.8. The lowest BCUT2D eigenvalue weighted by molar-refractivity contribution is 0.122. The van der Waals surface area contributed by atoms with Gasteiger partial charge in [0, 0.05) is 30.2 Å². The number of benzene rings is 1. The van der Waals surface area contributed by atoms with Gasteiger partial charge in [0.25, 0.3) is 0 Å². The van der Waals surface area contributed by atoms with E-state index in [-0.39, 0.29) is 5.82 Å². The number of anilines is 2. The molecule has 1 aliphatic heterocycles. The van der Waals surface area contributed by atoms with Crippen LogP contribution < -0.4 is 10.2 Å². The monoisotopic (exact) mass is 421 g/mol. The summed E-state index contributed by atoms with van der Waals surface area (Å²) in [4.78, 5) is 17.1. The van der Waals surface area contributed by atoms with E-state index >= 15 is 0 Å². The molecule has 0 amide bonds. The molecule has 4 heterocycles. The minimum absolute atomic E-state index is 0.252. The molecule has 0 atom stereocenters. The zero-order valence-electron chi connectivity index (χ0n) is 16.2. The Balaban J connectivity index is 1.58. The molecule has 0 spiro atoms. The topological polar surface area (TPSA) is 63.2 Å². The first-order valence-electron chi connectivity index (χ1n) is 9.79. The van der Waals surface area contributed by atoms with Gasteiger partial charge in [-0.05, 0) is 29.8 Å². The summed E-state index contributed by atoms with van der Waals surface area (Å²) in [5.74, 6) is 1.20. The van der Waals surface area contributed by atoms with Crippen LogP contribution in [0.5, 0.6) is 0 Å². The van der Waals surface area contributed by atoms with Gasteiger partial charge in [0.05, 0.1) is 30.8 Å². The Morgan fingerprint density at radius 2 is 1.90 bits per heavy atom. The standard InChI is InChI=1S/C22H20FN5OS/c23-16-6-4-15(5-7-16)18-14-30-21-19(18)20(25-13-17-3-1-2-8-24-17)26-22(27-21)28-9-11-29-12-10-28/h1-8,14H,9-13H2,(H,25,26,27). The molecule has 1 aliphatic rings. The summed E-state index contributed by atoms with van der Waals surface area (Å²) in [5, 5.41) is 6.45. The van der Waals surface area contributed by atoms with Gasteiger partial charge in [-0.2, -0.15) is 4.98 Å². The molecule has 0 aliphatic carbocycles. The molecule has 30 heavy (non-hydrogen) atoms. The summed E-state index contributed by atoms with van der Waals surface area (Å²) in [6.45, 7) is 3.42. The van der Waals surface area contributed by atoms with Crippen molar-refractivity contribution in [1.82, 2.24) is 15.0 Å². The smallest absolute Gasteiger partial charge is 0.228 e. The zero-order valence-corrected chi connectivity index (χ0v) is 17.0. The number of ether oxygens (including phenoxy) is 1. The van der Waals surface area contributed by atoms with Gasteiger partial charge in [-0.3, -0.25) is 4.98 Å². The molecule has 0 bridgehead atoms. The number of aromatic nitrogens is 3. The first-order valence-corrected chi connectivity index (χ1v) is 10.7. The summed E-state index contributed by atoms with van der Waals surface area (Å²) >= 11 is 1.57. The molecule has 0 saturated carbocycles. The summed E-state index contributed by atoms with van der Waals surface area (Å²) in [6, 6.07) is 12.4. The van der Waals surface area contributed by atoms with Crippen LogP contribution in [-0.2, 0) is 11.3 Å². The minimum Gasteiger partial charge on any atom is -0.378 e. The molecule has 1 N–H and O–H groups in total. The van der Waals surface area contributed by atoms with Crippen LogP contribution in [0.4, 0.5) is 16.2 Å². The van der Waals surface area contributed by atoms with Crippen LogP contribution in [0.25, 0.3) is 21.3 Å². The molecule has 5 rings (SSSR count). The third-order valence-electron chi connectivity index (χ3n) is 5.03. The largest absolute Gasteiger partial charge is 0.378 e. The lowest BCUT2D eigenvalue weighted by Crippen LogP contribution is -2.37. The molecule has 4 aromatic rings. The maximum Gasteiger partial charge on any atom is 0.228 e. The van der Waals surface area contributed by atoms with Crippen LogP contribution in [0.2, 0.25) is 0 Å². The number of thiophene rings is 1. The number of nitrogens with zero attached hydrogens (tertiary/aromatic N) is 4. The molecule has 1 aromatic carbocycles. The molecule has 6 nitrogen and oxygen atoms in total. The highest BCUT2D eigenvalue weighted by atomic mass is 32.1. The van der Waals surface area contributed by atoms with E-state index in [9.17, 15) is 4.39 Å². The normalized spacial score (nSPS) is 14.2. The van der Waals surface area contributed by atoms with Crippen LogP contribution >= 0.6 is 11.3 Å². The van der Waals surface area contributed by atoms with Crippen molar-refractivity contribution in [1.29, 1.82) is 0 Å². The number of fused-ring (bicyclic) bond motifs is 1. The first kappa shape index (κ1) is 18.9. The van der Waals surface area contributed by atoms with Crippen LogP contribution in [0.15, 0.2) is 54.0 Å². The summed E-state index contributed by atoms with van der Waals surface area (Å²) < 4.78 is 18.9. The number of nitrogens with one attached hydrogen (secondary N) is 1. The predicted molar refractivity (Wildman–Crippen MR) is 117 cm³/mol. The zero-order chi connectivity index (χ0) is 20.3. The summed E-state index contributed by atoms with van der Waals surface area (Å²) in [5.41, 5.74) is 2.86. The number of rotatable bonds is 5. The maximum absolute atomic E-state index is 13.4. The molecule has 0 unspecified atom stereocenters. The Kier molecular flexibility index (Phi) is 5.25. The molecule has 1 saturated heterocycles. The number of pyridine rings is 1. The van der Waals surface area contributed by atoms with Gasteiger partial charge < -0.3 is 15.0 Å². The van der Waals surface area contributed by atoms with Gasteiger partial charge in [-0.15, -0.1) is 11.3 Å². The molecule has 0 radical (unpaired) electrons. The van der Waals surface area contributed by atoms with E-state index in [0.29, 0.717) is 25.7 Å². The van der Waals surface area contributed by atoms with Gasteiger partial charge >= 0.3 is 0 Å². The minimum atomic E-state index is -0.252. The highest BCUT2D eigenvalue weighted by Gasteiger charge is 2.20. The van der Waals surface area contributed by atoms with Crippen molar-refractivity contribution in [2.24, 2.45) is 0 Å². The van der Waals surface area contributed by atoms with Gasteiger partial charge in [-0.25, -0.2) is 9.37 Å². The molecule has 8 heteroatoms. The lowest BCUT2D eigenvalue weighted by Gasteiger charge is -2.27. The van der Waals surface area contributed by atoms with Crippen LogP contribution in [0, 0.1) is 5.82 Å². The highest BCUT2D eigenvalue weighted by Crippen LogP contribution is 2.38. The number of hydrogen-bond donors (Lipinski definition) is 1. The second-order valence-electron chi connectivity index (χ2n) is 6.98. The Morgan fingerprint density at radius 1 is 1.07 bits per heavy atom. The molecule has 1 fully saturated rings. The number of morpholine rings is 1. The van der Waals surface area contributed by atoms with E-state index in [0.717, 1.165) is 45.9 Å². The predicted octanol–water partition coefficient (Wildman–Crippen LogP) is 4.34. The van der Waals surface area contributed by atoms with E-state index in [2.05, 4.69) is 20.6 Å². The molecular formula is C22H20FN5OS. The Labute approximate surface area is 177 Å². The fourth-order valence-corrected chi connectivity index (χ4v) is 4.42. The van der Waals surface area contributed by atoms with Crippen molar-refractivity contribution in [3.05, 3.63) is 65.6 Å². The molecule has 152 valence electrons. The van der Waals surface area contributed by atoms with Gasteiger partial charge in [-0.1, -0.05) is 18.2 Å². The maximum atomic E-state index is 13.4. The van der Waals surface area contributed by atoms with E-state index in [4.69, 9.17) is 14.7 Å². The molecular weight excluding hydrogens is 401 g/mol. The van der Waals surface area contributed by atoms with Gasteiger partial charge in [0.15, 0.2) is 0 Å². The van der Waals surface area contributed by atoms with Crippen molar-refractivity contribution in [3.63, 3.8) is 0 Å². The highest BCUT2D eigenvalue weighted by molar-refractivity contribution is 7.17. The number of hydrogen-bond acceptors (Lipinski definition) is 7. The average molecular weight is 422 g/mol. The Morgan fingerprint density at radius 3 is 2.67 bits per heavy atom. The third-order valence-corrected chi connectivity index (χ3v) is 5.91. The van der Waals surface area contributed by atoms with E-state index in [1.807, 2.05) is 18.2 Å². The van der Waals surface area contributed by atoms with Crippen molar-refractivity contribution in [2.45, 2.75) is 6.54 Å². The van der Waals surface area contributed by atoms with Crippen molar-refractivity contribution >= 4 is 33.3 Å². The Bertz CT molecular complexity index is 1140. The third kappa shape index (κ3) is 3.83. The lowest BCUT2D eigenvalue weighted by atomic mass is 10.1. The van der Waals surface area contributed by atoms with Crippen LogP contribution in [0.1, 0.15) is 5.69 Å². The number of halogens is 1. The summed E-state index contributed by atoms with van der Waals surface area (Å²) in [6.07, 6.45) is 1.78. The second kappa shape index (κ2) is 8.33. The van der Waals surface area contributed by atoms with Crippen molar-refractivity contribution in [3.8, 4) is 11.1 Å². The van der Waals surface area contributed by atoms with Crippen LogP contribution in [0.3, 0.4) is 0 Å². The SMILES string of the molecule is Fc1ccc(-c2csc3nc(N4CCOCC4)nc(NCc4ccccn4)c23)cc1. The van der Waals surface area contributed by atoms with E-state index in [1.165, 1.54) is 12.1 Å².